The maximum absolute atomic E-state index is 13.0. The fourth-order valence-electron chi connectivity index (χ4n) is 1.62. The molecule has 3 nitrogen and oxygen atoms in total. The quantitative estimate of drug-likeness (QED) is 0.873. The lowest BCUT2D eigenvalue weighted by atomic mass is 10.2. The van der Waals surface area contributed by atoms with Gasteiger partial charge in [-0.3, -0.25) is 4.90 Å². The molecule has 0 fully saturated rings. The van der Waals surface area contributed by atoms with Crippen molar-refractivity contribution in [2.75, 3.05) is 27.3 Å². The molecule has 1 rings (SSSR count). The van der Waals surface area contributed by atoms with E-state index in [2.05, 4.69) is 15.9 Å². The molecular weight excluding hydrogens is 289 g/mol. The van der Waals surface area contributed by atoms with Crippen molar-refractivity contribution in [1.29, 1.82) is 0 Å². The number of aliphatic hydroxyl groups excluding tert-OH is 1. The minimum atomic E-state index is -0.506. The molecule has 17 heavy (non-hydrogen) atoms. The highest BCUT2D eigenvalue weighted by atomic mass is 79.9. The highest BCUT2D eigenvalue weighted by molar-refractivity contribution is 9.10. The van der Waals surface area contributed by atoms with Crippen molar-refractivity contribution in [3.63, 3.8) is 0 Å². The third kappa shape index (κ3) is 5.12. The molecular formula is C12H17BrFNO2. The fourth-order valence-corrected chi connectivity index (χ4v) is 2.05. The molecule has 0 saturated carbocycles. The third-order valence-electron chi connectivity index (χ3n) is 2.32. The van der Waals surface area contributed by atoms with Crippen molar-refractivity contribution in [2.24, 2.45) is 0 Å². The van der Waals surface area contributed by atoms with Crippen LogP contribution in [0.3, 0.4) is 0 Å². The van der Waals surface area contributed by atoms with Gasteiger partial charge < -0.3 is 9.84 Å². The average Bonchev–Trinajstić information content (AvgIpc) is 2.23. The van der Waals surface area contributed by atoms with Gasteiger partial charge in [-0.1, -0.05) is 6.07 Å². The molecule has 0 spiro atoms. The molecule has 1 atom stereocenters. The van der Waals surface area contributed by atoms with Crippen LogP contribution in [0.1, 0.15) is 5.56 Å². The van der Waals surface area contributed by atoms with Crippen molar-refractivity contribution in [3.8, 4) is 0 Å². The minimum absolute atomic E-state index is 0.268. The summed E-state index contributed by atoms with van der Waals surface area (Å²) in [6.45, 7) is 1.49. The molecule has 1 aromatic rings. The molecule has 0 bridgehead atoms. The van der Waals surface area contributed by atoms with Crippen LogP contribution in [-0.2, 0) is 11.3 Å². The summed E-state index contributed by atoms with van der Waals surface area (Å²) in [6.07, 6.45) is -0.506. The van der Waals surface area contributed by atoms with E-state index in [1.54, 1.807) is 19.2 Å². The summed E-state index contributed by atoms with van der Waals surface area (Å²) < 4.78 is 18.3. The van der Waals surface area contributed by atoms with Crippen LogP contribution in [0.4, 0.5) is 4.39 Å². The normalized spacial score (nSPS) is 13.1. The lowest BCUT2D eigenvalue weighted by Crippen LogP contribution is -2.31. The van der Waals surface area contributed by atoms with Crippen LogP contribution in [0.15, 0.2) is 22.7 Å². The Hall–Kier alpha value is -0.490. The van der Waals surface area contributed by atoms with Gasteiger partial charge in [0.05, 0.1) is 17.2 Å². The van der Waals surface area contributed by atoms with E-state index in [1.165, 1.54) is 6.07 Å². The van der Waals surface area contributed by atoms with Gasteiger partial charge >= 0.3 is 0 Å². The van der Waals surface area contributed by atoms with Gasteiger partial charge in [0, 0.05) is 20.2 Å². The number of hydrogen-bond donors (Lipinski definition) is 1. The van der Waals surface area contributed by atoms with E-state index in [9.17, 15) is 9.50 Å². The Kier molecular flexibility index (Phi) is 6.05. The number of ether oxygens (including phenoxy) is 1. The number of hydrogen-bond acceptors (Lipinski definition) is 3. The van der Waals surface area contributed by atoms with E-state index in [0.29, 0.717) is 24.2 Å². The Labute approximate surface area is 109 Å². The number of halogens is 2. The zero-order valence-electron chi connectivity index (χ0n) is 9.99. The molecule has 1 N–H and O–H groups in total. The van der Waals surface area contributed by atoms with Crippen LogP contribution in [0.25, 0.3) is 0 Å². The van der Waals surface area contributed by atoms with Crippen molar-refractivity contribution in [3.05, 3.63) is 34.1 Å². The molecule has 0 saturated heterocycles. The van der Waals surface area contributed by atoms with E-state index in [4.69, 9.17) is 4.74 Å². The van der Waals surface area contributed by atoms with Gasteiger partial charge in [-0.2, -0.15) is 0 Å². The lowest BCUT2D eigenvalue weighted by molar-refractivity contribution is 0.0419. The summed E-state index contributed by atoms with van der Waals surface area (Å²) in [4.78, 5) is 1.96. The van der Waals surface area contributed by atoms with Gasteiger partial charge in [-0.25, -0.2) is 4.39 Å². The second-order valence-corrected chi connectivity index (χ2v) is 4.91. The van der Waals surface area contributed by atoms with Crippen LogP contribution >= 0.6 is 15.9 Å². The largest absolute Gasteiger partial charge is 0.389 e. The smallest absolute Gasteiger partial charge is 0.137 e. The van der Waals surface area contributed by atoms with Crippen molar-refractivity contribution >= 4 is 15.9 Å². The predicted molar refractivity (Wildman–Crippen MR) is 68.3 cm³/mol. The molecule has 96 valence electrons. The van der Waals surface area contributed by atoms with Gasteiger partial charge in [-0.15, -0.1) is 0 Å². The molecule has 0 aliphatic carbocycles. The standard InChI is InChI=1S/C12H17BrFNO2/c1-15(7-10(16)8-17-2)6-9-3-4-12(14)11(13)5-9/h3-5,10,16H,6-8H2,1-2H3. The summed E-state index contributed by atoms with van der Waals surface area (Å²) in [5, 5.41) is 9.56. The van der Waals surface area contributed by atoms with Gasteiger partial charge in [-0.05, 0) is 40.7 Å². The SMILES string of the molecule is COCC(O)CN(C)Cc1ccc(F)c(Br)c1. The highest BCUT2D eigenvalue weighted by Gasteiger charge is 2.09. The number of methoxy groups -OCH3 is 1. The molecule has 5 heteroatoms. The lowest BCUT2D eigenvalue weighted by Gasteiger charge is -2.20. The number of rotatable bonds is 6. The van der Waals surface area contributed by atoms with Gasteiger partial charge in [0.2, 0.25) is 0 Å². The van der Waals surface area contributed by atoms with Crippen LogP contribution in [0.5, 0.6) is 0 Å². The van der Waals surface area contributed by atoms with E-state index in [-0.39, 0.29) is 5.82 Å². The van der Waals surface area contributed by atoms with E-state index >= 15 is 0 Å². The first kappa shape index (κ1) is 14.6. The monoisotopic (exact) mass is 305 g/mol. The average molecular weight is 306 g/mol. The van der Waals surface area contributed by atoms with Crippen molar-refractivity contribution < 1.29 is 14.2 Å². The number of nitrogens with zero attached hydrogens (tertiary/aromatic N) is 1. The maximum Gasteiger partial charge on any atom is 0.137 e. The van der Waals surface area contributed by atoms with Gasteiger partial charge in [0.1, 0.15) is 5.82 Å². The van der Waals surface area contributed by atoms with Crippen LogP contribution in [0, 0.1) is 5.82 Å². The highest BCUT2D eigenvalue weighted by Crippen LogP contribution is 2.17. The second kappa shape index (κ2) is 7.06. The summed E-state index contributed by atoms with van der Waals surface area (Å²) in [5.41, 5.74) is 0.991. The van der Waals surface area contributed by atoms with Gasteiger partial charge in [0.25, 0.3) is 0 Å². The molecule has 0 aromatic heterocycles. The van der Waals surface area contributed by atoms with Crippen LogP contribution < -0.4 is 0 Å². The Balaban J connectivity index is 2.50. The zero-order valence-corrected chi connectivity index (χ0v) is 11.6. The van der Waals surface area contributed by atoms with Crippen molar-refractivity contribution in [2.45, 2.75) is 12.6 Å². The molecule has 1 aromatic carbocycles. The number of aliphatic hydroxyl groups is 1. The Morgan fingerprint density at radius 3 is 2.82 bits per heavy atom. The topological polar surface area (TPSA) is 32.7 Å². The Morgan fingerprint density at radius 1 is 1.53 bits per heavy atom. The fraction of sp³-hybridized carbons (Fsp3) is 0.500. The third-order valence-corrected chi connectivity index (χ3v) is 2.93. The number of benzene rings is 1. The van der Waals surface area contributed by atoms with Gasteiger partial charge in [0.15, 0.2) is 0 Å². The maximum atomic E-state index is 13.0. The van der Waals surface area contributed by atoms with E-state index < -0.39 is 6.10 Å². The summed E-state index contributed by atoms with van der Waals surface area (Å²) in [5.74, 6) is -0.268. The van der Waals surface area contributed by atoms with E-state index in [0.717, 1.165) is 5.56 Å². The van der Waals surface area contributed by atoms with E-state index in [1.807, 2.05) is 11.9 Å². The minimum Gasteiger partial charge on any atom is -0.389 e. The molecule has 0 aliphatic rings. The second-order valence-electron chi connectivity index (χ2n) is 4.05. The molecule has 1 unspecified atom stereocenters. The first-order chi connectivity index (χ1) is 8.02. The summed E-state index contributed by atoms with van der Waals surface area (Å²) in [7, 11) is 3.45. The van der Waals surface area contributed by atoms with Crippen molar-refractivity contribution in [1.82, 2.24) is 4.90 Å². The predicted octanol–water partition coefficient (Wildman–Crippen LogP) is 2.03. The summed E-state index contributed by atoms with van der Waals surface area (Å²) >= 11 is 3.15. The summed E-state index contributed by atoms with van der Waals surface area (Å²) in [6, 6.07) is 4.91. The zero-order chi connectivity index (χ0) is 12.8. The first-order valence-electron chi connectivity index (χ1n) is 5.32. The van der Waals surface area contributed by atoms with Crippen LogP contribution in [-0.4, -0.2) is 43.4 Å². The molecule has 0 heterocycles. The molecule has 0 amide bonds. The Bertz CT molecular complexity index is 362. The van der Waals surface area contributed by atoms with Crippen LogP contribution in [0.2, 0.25) is 0 Å². The first-order valence-corrected chi connectivity index (χ1v) is 6.11. The molecule has 0 radical (unpaired) electrons. The number of likely N-dealkylation sites (N-methyl/N-ethyl adjacent to an activating group) is 1. The molecule has 0 aliphatic heterocycles. The Morgan fingerprint density at radius 2 is 2.24 bits per heavy atom.